The molecule has 2 aromatic rings. The number of unbranched alkanes of at least 4 members (excludes halogenated alkanes) is 1. The average Bonchev–Trinajstić information content (AvgIpc) is 2.66. The van der Waals surface area contributed by atoms with Crippen LogP contribution in [0.1, 0.15) is 46.0 Å². The van der Waals surface area contributed by atoms with Gasteiger partial charge in [0, 0.05) is 42.9 Å². The molecule has 0 aliphatic carbocycles. The van der Waals surface area contributed by atoms with E-state index >= 15 is 0 Å². The molecular formula is C20H30N2O3S. The van der Waals surface area contributed by atoms with Crippen molar-refractivity contribution in [2.75, 3.05) is 19.8 Å². The number of rotatable bonds is 12. The first-order chi connectivity index (χ1) is 12.6. The minimum absolute atomic E-state index is 0.295. The maximum absolute atomic E-state index is 12.6. The van der Waals surface area contributed by atoms with Crippen LogP contribution >= 0.6 is 0 Å². The van der Waals surface area contributed by atoms with Gasteiger partial charge in [-0.1, -0.05) is 45.2 Å². The summed E-state index contributed by atoms with van der Waals surface area (Å²) in [4.78, 5) is 4.34. The summed E-state index contributed by atoms with van der Waals surface area (Å²) in [5, 5.41) is 1.50. The number of fused-ring (bicyclic) bond motifs is 1. The summed E-state index contributed by atoms with van der Waals surface area (Å²) in [5.41, 5.74) is 0. The van der Waals surface area contributed by atoms with E-state index in [1.165, 1.54) is 19.3 Å². The largest absolute Gasteiger partial charge is 0.381 e. The van der Waals surface area contributed by atoms with Crippen LogP contribution in [0.2, 0.25) is 0 Å². The van der Waals surface area contributed by atoms with Gasteiger partial charge in [-0.3, -0.25) is 4.98 Å². The summed E-state index contributed by atoms with van der Waals surface area (Å²) in [7, 11) is -3.54. The van der Waals surface area contributed by atoms with Gasteiger partial charge in [0.25, 0.3) is 0 Å². The van der Waals surface area contributed by atoms with Gasteiger partial charge in [0.15, 0.2) is 0 Å². The highest BCUT2D eigenvalue weighted by Gasteiger charge is 2.16. The smallest absolute Gasteiger partial charge is 0.241 e. The van der Waals surface area contributed by atoms with E-state index in [0.717, 1.165) is 18.4 Å². The van der Waals surface area contributed by atoms with Gasteiger partial charge in [0.2, 0.25) is 10.0 Å². The number of ether oxygens (including phenoxy) is 1. The quantitative estimate of drug-likeness (QED) is 0.564. The second kappa shape index (κ2) is 10.6. The predicted molar refractivity (Wildman–Crippen MR) is 106 cm³/mol. The maximum atomic E-state index is 12.6. The molecule has 144 valence electrons. The topological polar surface area (TPSA) is 68.3 Å². The Hall–Kier alpha value is -1.50. The van der Waals surface area contributed by atoms with E-state index in [9.17, 15) is 8.42 Å². The lowest BCUT2D eigenvalue weighted by Gasteiger charge is -2.14. The van der Waals surface area contributed by atoms with Gasteiger partial charge in [0.1, 0.15) is 0 Å². The lowest BCUT2D eigenvalue weighted by molar-refractivity contribution is 0.0928. The third-order valence-electron chi connectivity index (χ3n) is 4.58. The van der Waals surface area contributed by atoms with E-state index in [1.807, 2.05) is 6.07 Å². The van der Waals surface area contributed by atoms with Crippen LogP contribution in [0.15, 0.2) is 41.6 Å². The highest BCUT2D eigenvalue weighted by molar-refractivity contribution is 7.89. The highest BCUT2D eigenvalue weighted by Crippen LogP contribution is 2.21. The summed E-state index contributed by atoms with van der Waals surface area (Å²) in [6.07, 6.45) is 8.72. The lowest BCUT2D eigenvalue weighted by atomic mass is 10.0. The molecule has 1 aromatic carbocycles. The van der Waals surface area contributed by atoms with Gasteiger partial charge in [-0.15, -0.1) is 0 Å². The zero-order valence-electron chi connectivity index (χ0n) is 15.8. The van der Waals surface area contributed by atoms with E-state index in [-0.39, 0.29) is 0 Å². The molecular weight excluding hydrogens is 348 g/mol. The van der Waals surface area contributed by atoms with Crippen LogP contribution in [-0.2, 0) is 14.8 Å². The molecule has 1 atom stereocenters. The highest BCUT2D eigenvalue weighted by atomic mass is 32.2. The Labute approximate surface area is 157 Å². The van der Waals surface area contributed by atoms with Crippen molar-refractivity contribution in [3.8, 4) is 0 Å². The van der Waals surface area contributed by atoms with Crippen molar-refractivity contribution in [3.63, 3.8) is 0 Å². The molecule has 0 aliphatic heterocycles. The van der Waals surface area contributed by atoms with Crippen LogP contribution in [-0.4, -0.2) is 33.2 Å². The van der Waals surface area contributed by atoms with Crippen molar-refractivity contribution in [3.05, 3.63) is 36.7 Å². The van der Waals surface area contributed by atoms with Crippen molar-refractivity contribution in [2.45, 2.75) is 50.8 Å². The van der Waals surface area contributed by atoms with Crippen LogP contribution < -0.4 is 4.72 Å². The standard InChI is InChI=1S/C20H30N2O3S/c1-3-5-8-17(4-2)16-25-14-7-12-22-26(23,24)20-10-6-9-18-15-21-13-11-19(18)20/h6,9-11,13,15,17,22H,3-5,7-8,12,14,16H2,1-2H3. The van der Waals surface area contributed by atoms with Crippen molar-refractivity contribution >= 4 is 20.8 Å². The first-order valence-electron chi connectivity index (χ1n) is 9.48. The van der Waals surface area contributed by atoms with Crippen molar-refractivity contribution in [1.82, 2.24) is 9.71 Å². The van der Waals surface area contributed by atoms with Crippen LogP contribution in [0.4, 0.5) is 0 Å². The van der Waals surface area contributed by atoms with Gasteiger partial charge in [0.05, 0.1) is 4.90 Å². The second-order valence-corrected chi connectivity index (χ2v) is 8.33. The molecule has 0 spiro atoms. The van der Waals surface area contributed by atoms with Gasteiger partial charge >= 0.3 is 0 Å². The molecule has 1 heterocycles. The Bertz CT molecular complexity index is 772. The number of aromatic nitrogens is 1. The van der Waals surface area contributed by atoms with Gasteiger partial charge in [-0.05, 0) is 30.9 Å². The molecule has 0 bridgehead atoms. The first-order valence-corrected chi connectivity index (χ1v) is 11.0. The SMILES string of the molecule is CCCCC(CC)COCCCNS(=O)(=O)c1cccc2cnccc12. The van der Waals surface area contributed by atoms with Crippen molar-refractivity contribution in [1.29, 1.82) is 0 Å². The third kappa shape index (κ3) is 6.04. The normalized spacial score (nSPS) is 13.2. The third-order valence-corrected chi connectivity index (χ3v) is 6.10. The van der Waals surface area contributed by atoms with Gasteiger partial charge < -0.3 is 4.74 Å². The minimum atomic E-state index is -3.54. The van der Waals surface area contributed by atoms with Crippen LogP contribution in [0.5, 0.6) is 0 Å². The summed E-state index contributed by atoms with van der Waals surface area (Å²) in [6, 6.07) is 6.95. The summed E-state index contributed by atoms with van der Waals surface area (Å²) >= 11 is 0. The van der Waals surface area contributed by atoms with Crippen LogP contribution in [0.3, 0.4) is 0 Å². The number of benzene rings is 1. The number of pyridine rings is 1. The van der Waals surface area contributed by atoms with Crippen molar-refractivity contribution in [2.24, 2.45) is 5.92 Å². The Morgan fingerprint density at radius 2 is 2.04 bits per heavy atom. The maximum Gasteiger partial charge on any atom is 0.241 e. The summed E-state index contributed by atoms with van der Waals surface area (Å²) < 4.78 is 33.6. The lowest BCUT2D eigenvalue weighted by Crippen LogP contribution is -2.26. The molecule has 2 rings (SSSR count). The molecule has 0 radical (unpaired) electrons. The molecule has 1 unspecified atom stereocenters. The summed E-state index contributed by atoms with van der Waals surface area (Å²) in [6.45, 7) is 6.10. The van der Waals surface area contributed by atoms with Crippen LogP contribution in [0.25, 0.3) is 10.8 Å². The number of nitrogens with one attached hydrogen (secondary N) is 1. The Morgan fingerprint density at radius 1 is 1.19 bits per heavy atom. The Kier molecular flexibility index (Phi) is 8.48. The van der Waals surface area contributed by atoms with Gasteiger partial charge in [-0.2, -0.15) is 0 Å². The zero-order valence-corrected chi connectivity index (χ0v) is 16.6. The minimum Gasteiger partial charge on any atom is -0.381 e. The predicted octanol–water partition coefficient (Wildman–Crippen LogP) is 4.14. The molecule has 26 heavy (non-hydrogen) atoms. The van der Waals surface area contributed by atoms with Gasteiger partial charge in [-0.25, -0.2) is 13.1 Å². The van der Waals surface area contributed by atoms with E-state index < -0.39 is 10.0 Å². The molecule has 0 saturated carbocycles. The first kappa shape index (κ1) is 20.8. The number of hydrogen-bond donors (Lipinski definition) is 1. The van der Waals surface area contributed by atoms with E-state index in [1.54, 1.807) is 30.6 Å². The Morgan fingerprint density at radius 3 is 2.81 bits per heavy atom. The monoisotopic (exact) mass is 378 g/mol. The molecule has 0 aliphatic rings. The fourth-order valence-electron chi connectivity index (χ4n) is 2.93. The van der Waals surface area contributed by atoms with E-state index in [4.69, 9.17) is 4.74 Å². The molecule has 0 fully saturated rings. The molecule has 0 saturated heterocycles. The average molecular weight is 379 g/mol. The molecule has 1 N–H and O–H groups in total. The molecule has 6 heteroatoms. The number of sulfonamides is 1. The fraction of sp³-hybridized carbons (Fsp3) is 0.550. The number of hydrogen-bond acceptors (Lipinski definition) is 4. The second-order valence-electron chi connectivity index (χ2n) is 6.60. The number of nitrogens with zero attached hydrogens (tertiary/aromatic N) is 1. The van der Waals surface area contributed by atoms with Crippen molar-refractivity contribution < 1.29 is 13.2 Å². The molecule has 5 nitrogen and oxygen atoms in total. The zero-order chi connectivity index (χ0) is 18.8. The molecule has 0 amide bonds. The summed E-state index contributed by atoms with van der Waals surface area (Å²) in [5.74, 6) is 0.607. The van der Waals surface area contributed by atoms with E-state index in [2.05, 4.69) is 23.6 Å². The van der Waals surface area contributed by atoms with Crippen LogP contribution in [0, 0.1) is 5.92 Å². The fourth-order valence-corrected chi connectivity index (χ4v) is 4.24. The Balaban J connectivity index is 1.80. The van der Waals surface area contributed by atoms with E-state index in [0.29, 0.717) is 35.8 Å². The molecule has 1 aromatic heterocycles.